The van der Waals surface area contributed by atoms with Gasteiger partial charge in [-0.1, -0.05) is 6.92 Å². The van der Waals surface area contributed by atoms with Crippen LogP contribution in [0.1, 0.15) is 26.2 Å². The first-order valence-electron chi connectivity index (χ1n) is 7.46. The molecule has 1 amide bonds. The lowest BCUT2D eigenvalue weighted by Crippen LogP contribution is -2.26. The lowest BCUT2D eigenvalue weighted by atomic mass is 10.2. The van der Waals surface area contributed by atoms with E-state index in [1.165, 1.54) is 10.7 Å². The molecule has 116 valence electrons. The first kappa shape index (κ1) is 15.9. The van der Waals surface area contributed by atoms with E-state index in [9.17, 15) is 9.59 Å². The van der Waals surface area contributed by atoms with E-state index < -0.39 is 0 Å². The van der Waals surface area contributed by atoms with Crippen LogP contribution < -0.4 is 10.9 Å². The fourth-order valence-electron chi connectivity index (χ4n) is 2.03. The van der Waals surface area contributed by atoms with Crippen LogP contribution in [0.2, 0.25) is 0 Å². The minimum absolute atomic E-state index is 0.0141. The Morgan fingerprint density at radius 2 is 2.00 bits per heavy atom. The van der Waals surface area contributed by atoms with Gasteiger partial charge in [0, 0.05) is 43.5 Å². The predicted molar refractivity (Wildman–Crippen MR) is 84.3 cm³/mol. The van der Waals surface area contributed by atoms with Gasteiger partial charge in [0.05, 0.1) is 5.69 Å². The molecule has 6 heteroatoms. The maximum absolute atomic E-state index is 11.8. The highest BCUT2D eigenvalue weighted by Gasteiger charge is 2.05. The number of hydrogen-bond donors (Lipinski definition) is 1. The van der Waals surface area contributed by atoms with Crippen molar-refractivity contribution in [1.29, 1.82) is 0 Å². The van der Waals surface area contributed by atoms with Crippen molar-refractivity contribution < 1.29 is 4.79 Å². The molecule has 2 heterocycles. The molecule has 0 atom stereocenters. The smallest absolute Gasteiger partial charge is 0.266 e. The largest absolute Gasteiger partial charge is 0.356 e. The molecule has 0 fully saturated rings. The molecule has 1 N–H and O–H groups in total. The van der Waals surface area contributed by atoms with Crippen molar-refractivity contribution in [3.05, 3.63) is 47.0 Å². The zero-order valence-electron chi connectivity index (χ0n) is 12.7. The summed E-state index contributed by atoms with van der Waals surface area (Å²) < 4.78 is 1.41. The molecule has 0 radical (unpaired) electrons. The van der Waals surface area contributed by atoms with E-state index in [0.717, 1.165) is 17.7 Å². The van der Waals surface area contributed by atoms with E-state index in [1.807, 2.05) is 19.1 Å². The third kappa shape index (κ3) is 4.51. The Morgan fingerprint density at radius 1 is 1.23 bits per heavy atom. The van der Waals surface area contributed by atoms with Crippen LogP contribution in [0.3, 0.4) is 0 Å². The van der Waals surface area contributed by atoms with Gasteiger partial charge >= 0.3 is 0 Å². The number of aryl methyl sites for hydroxylation is 1. The van der Waals surface area contributed by atoms with Crippen molar-refractivity contribution in [3.63, 3.8) is 0 Å². The molecule has 0 aromatic carbocycles. The average molecular weight is 300 g/mol. The van der Waals surface area contributed by atoms with Gasteiger partial charge in [0.1, 0.15) is 0 Å². The number of carbonyl (C=O) groups is 1. The van der Waals surface area contributed by atoms with E-state index in [1.54, 1.807) is 18.5 Å². The molecule has 0 aliphatic heterocycles. The molecule has 0 bridgehead atoms. The van der Waals surface area contributed by atoms with Gasteiger partial charge in [0.25, 0.3) is 5.56 Å². The summed E-state index contributed by atoms with van der Waals surface area (Å²) in [7, 11) is 0. The number of rotatable bonds is 7. The first-order chi connectivity index (χ1) is 10.7. The highest BCUT2D eigenvalue weighted by molar-refractivity contribution is 5.75. The zero-order chi connectivity index (χ0) is 15.8. The molecule has 2 aromatic rings. The van der Waals surface area contributed by atoms with E-state index in [0.29, 0.717) is 25.9 Å². The van der Waals surface area contributed by atoms with Crippen molar-refractivity contribution >= 4 is 5.91 Å². The van der Waals surface area contributed by atoms with Crippen molar-refractivity contribution in [2.75, 3.05) is 6.54 Å². The molecule has 6 nitrogen and oxygen atoms in total. The second kappa shape index (κ2) is 8.07. The summed E-state index contributed by atoms with van der Waals surface area (Å²) in [6, 6.07) is 6.88. The van der Waals surface area contributed by atoms with E-state index in [4.69, 9.17) is 0 Å². The second-order valence-corrected chi connectivity index (χ2v) is 4.97. The van der Waals surface area contributed by atoms with E-state index >= 15 is 0 Å². The van der Waals surface area contributed by atoms with Gasteiger partial charge in [-0.3, -0.25) is 14.6 Å². The molecule has 0 saturated carbocycles. The van der Waals surface area contributed by atoms with Crippen molar-refractivity contribution in [2.24, 2.45) is 0 Å². The lowest BCUT2D eigenvalue weighted by molar-refractivity contribution is -0.121. The number of carbonyl (C=O) groups excluding carboxylic acids is 1. The Morgan fingerprint density at radius 3 is 2.73 bits per heavy atom. The predicted octanol–water partition coefficient (Wildman–Crippen LogP) is 1.61. The van der Waals surface area contributed by atoms with Crippen molar-refractivity contribution in [2.45, 2.75) is 32.7 Å². The Labute approximate surface area is 129 Å². The molecule has 0 spiro atoms. The van der Waals surface area contributed by atoms with Gasteiger partial charge in [-0.25, -0.2) is 4.68 Å². The molecule has 22 heavy (non-hydrogen) atoms. The minimum Gasteiger partial charge on any atom is -0.356 e. The molecule has 2 aromatic heterocycles. The molecule has 0 saturated heterocycles. The van der Waals surface area contributed by atoms with Gasteiger partial charge in [-0.2, -0.15) is 5.10 Å². The maximum atomic E-state index is 11.8. The third-order valence-electron chi connectivity index (χ3n) is 3.19. The number of pyridine rings is 1. The number of aromatic nitrogens is 3. The number of nitrogens with zero attached hydrogens (tertiary/aromatic N) is 3. The SMILES string of the molecule is CCCNC(=O)CCCn1nc(-c2ccncc2)ccc1=O. The van der Waals surface area contributed by atoms with E-state index in [2.05, 4.69) is 15.4 Å². The fraction of sp³-hybridized carbons (Fsp3) is 0.375. The zero-order valence-corrected chi connectivity index (χ0v) is 12.7. The third-order valence-corrected chi connectivity index (χ3v) is 3.19. The fourth-order valence-corrected chi connectivity index (χ4v) is 2.03. The van der Waals surface area contributed by atoms with Crippen LogP contribution in [0.25, 0.3) is 11.3 Å². The monoisotopic (exact) mass is 300 g/mol. The Bertz CT molecular complexity index is 667. The summed E-state index contributed by atoms with van der Waals surface area (Å²) in [6.07, 6.45) is 5.27. The number of hydrogen-bond acceptors (Lipinski definition) is 4. The highest BCUT2D eigenvalue weighted by Crippen LogP contribution is 2.13. The highest BCUT2D eigenvalue weighted by atomic mass is 16.1. The summed E-state index contributed by atoms with van der Waals surface area (Å²) in [5.74, 6) is 0.0141. The molecule has 2 rings (SSSR count). The van der Waals surface area contributed by atoms with Gasteiger partial charge in [0.15, 0.2) is 0 Å². The second-order valence-electron chi connectivity index (χ2n) is 4.97. The topological polar surface area (TPSA) is 76.9 Å². The van der Waals surface area contributed by atoms with Gasteiger partial charge in [0.2, 0.25) is 5.91 Å². The van der Waals surface area contributed by atoms with Crippen LogP contribution >= 0.6 is 0 Å². The van der Waals surface area contributed by atoms with Crippen molar-refractivity contribution in [1.82, 2.24) is 20.1 Å². The van der Waals surface area contributed by atoms with Crippen molar-refractivity contribution in [3.8, 4) is 11.3 Å². The summed E-state index contributed by atoms with van der Waals surface area (Å²) >= 11 is 0. The first-order valence-corrected chi connectivity index (χ1v) is 7.46. The lowest BCUT2D eigenvalue weighted by Gasteiger charge is -2.07. The van der Waals surface area contributed by atoms with Gasteiger partial charge in [-0.15, -0.1) is 0 Å². The molecule has 0 aliphatic carbocycles. The normalized spacial score (nSPS) is 10.4. The van der Waals surface area contributed by atoms with Crippen LogP contribution in [-0.4, -0.2) is 27.2 Å². The molecule has 0 aliphatic rings. The van der Waals surface area contributed by atoms with Gasteiger partial charge < -0.3 is 5.32 Å². The molecular formula is C16H20N4O2. The standard InChI is InChI=1S/C16H20N4O2/c1-2-9-18-15(21)4-3-12-20-16(22)6-5-14(19-20)13-7-10-17-11-8-13/h5-8,10-11H,2-4,9,12H2,1H3,(H,18,21). The summed E-state index contributed by atoms with van der Waals surface area (Å²) in [5.41, 5.74) is 1.47. The quantitative estimate of drug-likeness (QED) is 0.843. The average Bonchev–Trinajstić information content (AvgIpc) is 2.55. The van der Waals surface area contributed by atoms with E-state index in [-0.39, 0.29) is 11.5 Å². The molecule has 0 unspecified atom stereocenters. The minimum atomic E-state index is -0.160. The van der Waals surface area contributed by atoms with Crippen LogP contribution in [0.5, 0.6) is 0 Å². The summed E-state index contributed by atoms with van der Waals surface area (Å²) in [6.45, 7) is 3.13. The van der Waals surface area contributed by atoms with Crippen LogP contribution in [-0.2, 0) is 11.3 Å². The summed E-state index contributed by atoms with van der Waals surface area (Å²) in [5, 5.41) is 7.16. The maximum Gasteiger partial charge on any atom is 0.266 e. The number of amides is 1. The van der Waals surface area contributed by atoms with Crippen LogP contribution in [0, 0.1) is 0 Å². The number of nitrogens with one attached hydrogen (secondary N) is 1. The Hall–Kier alpha value is -2.50. The molecular weight excluding hydrogens is 280 g/mol. The van der Waals surface area contributed by atoms with Gasteiger partial charge in [-0.05, 0) is 31.0 Å². The van der Waals surface area contributed by atoms with Crippen LogP contribution in [0.15, 0.2) is 41.5 Å². The Balaban J connectivity index is 1.99. The Kier molecular flexibility index (Phi) is 5.82. The van der Waals surface area contributed by atoms with Crippen LogP contribution in [0.4, 0.5) is 0 Å². The summed E-state index contributed by atoms with van der Waals surface area (Å²) in [4.78, 5) is 27.3.